The van der Waals surface area contributed by atoms with Gasteiger partial charge in [0.15, 0.2) is 11.9 Å². The molecule has 0 bridgehead atoms. The second-order valence-electron chi connectivity index (χ2n) is 4.81. The van der Waals surface area contributed by atoms with E-state index in [0.29, 0.717) is 0 Å². The number of hydrogen-bond acceptors (Lipinski definition) is 8. The topological polar surface area (TPSA) is 206 Å². The fourth-order valence-electron chi connectivity index (χ4n) is 2.20. The number of anilines is 1. The van der Waals surface area contributed by atoms with Gasteiger partial charge in [-0.2, -0.15) is 0 Å². The Morgan fingerprint density at radius 1 is 1.50 bits per heavy atom. The maximum Gasteiger partial charge on any atom is 0.469 e. The lowest BCUT2D eigenvalue weighted by Gasteiger charge is -2.18. The molecule has 7 N–H and O–H groups in total. The number of rotatable bonds is 7. The first-order valence-electron chi connectivity index (χ1n) is 6.44. The van der Waals surface area contributed by atoms with Crippen LogP contribution in [-0.2, 0) is 18.6 Å². The van der Waals surface area contributed by atoms with E-state index < -0.39 is 44.9 Å². The number of phosphoric acid groups is 1. The van der Waals surface area contributed by atoms with Crippen LogP contribution in [0, 0.1) is 0 Å². The van der Waals surface area contributed by atoms with Crippen LogP contribution in [0.5, 0.6) is 0 Å². The zero-order valence-electron chi connectivity index (χ0n) is 11.9. The molecule has 0 unspecified atom stereocenters. The normalized spacial score (nSPS) is 27.2. The molecule has 0 radical (unpaired) electrons. The monoisotopic (exact) mass is 366 g/mol. The molecule has 0 spiro atoms. The summed E-state index contributed by atoms with van der Waals surface area (Å²) in [5.41, 5.74) is 4.81. The molecular formula is C10H15N4O9P. The highest BCUT2D eigenvalue weighted by Gasteiger charge is 2.45. The van der Waals surface area contributed by atoms with Crippen LogP contribution >= 0.6 is 7.82 Å². The summed E-state index contributed by atoms with van der Waals surface area (Å²) in [5.74, 6) is -1.13. The lowest BCUT2D eigenvalue weighted by Crippen LogP contribution is -2.33. The number of aliphatic hydroxyl groups is 2. The maximum atomic E-state index is 11.3. The third-order valence-electron chi connectivity index (χ3n) is 3.24. The maximum absolute atomic E-state index is 11.3. The molecule has 24 heavy (non-hydrogen) atoms. The molecule has 2 rings (SSSR count). The predicted molar refractivity (Wildman–Crippen MR) is 74.4 cm³/mol. The molecule has 1 fully saturated rings. The Balaban J connectivity index is 2.25. The molecule has 1 aromatic heterocycles. The number of carbonyl (C=O) groups is 2. The Kier molecular flexibility index (Phi) is 5.35. The van der Waals surface area contributed by atoms with E-state index in [4.69, 9.17) is 20.3 Å². The van der Waals surface area contributed by atoms with E-state index in [1.807, 2.05) is 0 Å². The van der Waals surface area contributed by atoms with Crippen molar-refractivity contribution in [1.82, 2.24) is 9.55 Å². The first-order valence-corrected chi connectivity index (χ1v) is 7.97. The van der Waals surface area contributed by atoms with Gasteiger partial charge in [-0.15, -0.1) is 0 Å². The van der Waals surface area contributed by atoms with Gasteiger partial charge >= 0.3 is 7.82 Å². The average Bonchev–Trinajstić information content (AvgIpc) is 3.00. The predicted octanol–water partition coefficient (Wildman–Crippen LogP) is -2.72. The highest BCUT2D eigenvalue weighted by Crippen LogP contribution is 2.39. The minimum atomic E-state index is -4.80. The van der Waals surface area contributed by atoms with E-state index in [0.717, 1.165) is 10.9 Å². The summed E-state index contributed by atoms with van der Waals surface area (Å²) in [6.07, 6.45) is -4.41. The van der Waals surface area contributed by atoms with Crippen molar-refractivity contribution in [2.24, 2.45) is 5.73 Å². The van der Waals surface area contributed by atoms with E-state index in [1.54, 1.807) is 0 Å². The number of ether oxygens (including phenoxy) is 1. The number of hydrogen-bond donors (Lipinski definition) is 6. The summed E-state index contributed by atoms with van der Waals surface area (Å²) in [6.45, 7) is -0.702. The molecule has 1 aromatic rings. The van der Waals surface area contributed by atoms with Gasteiger partial charge in [-0.1, -0.05) is 0 Å². The molecule has 13 nitrogen and oxygen atoms in total. The second kappa shape index (κ2) is 6.94. The van der Waals surface area contributed by atoms with Crippen molar-refractivity contribution in [2.45, 2.75) is 24.5 Å². The van der Waals surface area contributed by atoms with Crippen molar-refractivity contribution >= 4 is 26.0 Å². The molecule has 134 valence electrons. The van der Waals surface area contributed by atoms with Gasteiger partial charge in [-0.05, 0) is 0 Å². The largest absolute Gasteiger partial charge is 0.469 e. The van der Waals surface area contributed by atoms with Gasteiger partial charge in [0, 0.05) is 0 Å². The minimum Gasteiger partial charge on any atom is -0.387 e. The van der Waals surface area contributed by atoms with E-state index in [2.05, 4.69) is 14.8 Å². The van der Waals surface area contributed by atoms with Crippen molar-refractivity contribution in [1.29, 1.82) is 0 Å². The lowest BCUT2D eigenvalue weighted by atomic mass is 10.1. The Hall–Kier alpha value is -1.86. The van der Waals surface area contributed by atoms with Crippen molar-refractivity contribution in [3.63, 3.8) is 0 Å². The fourth-order valence-corrected chi connectivity index (χ4v) is 2.54. The van der Waals surface area contributed by atoms with Gasteiger partial charge in [0.05, 0.1) is 12.9 Å². The molecule has 0 aliphatic carbocycles. The standard InChI is InChI=1S/C10H15N4O9P/c11-8(18)5-9(13-3-15)14(2-12-5)10-7(17)6(16)4(23-10)1-22-24(19,20)21/h2-4,6-7,10,16-17H,1H2,(H2,11,18)(H,13,15)(H2,19,20,21)/t4-,6+,7-,10-/m1/s1. The second-order valence-corrected chi connectivity index (χ2v) is 6.05. The number of phosphoric ester groups is 1. The van der Waals surface area contributed by atoms with Gasteiger partial charge < -0.3 is 35.8 Å². The molecule has 0 aromatic carbocycles. The fraction of sp³-hybridized carbons (Fsp3) is 0.500. The molecule has 2 heterocycles. The summed E-state index contributed by atoms with van der Waals surface area (Å²) < 4.78 is 21.3. The Morgan fingerprint density at radius 3 is 2.71 bits per heavy atom. The van der Waals surface area contributed by atoms with Crippen molar-refractivity contribution in [2.75, 3.05) is 11.9 Å². The van der Waals surface area contributed by atoms with Crippen LogP contribution in [0.4, 0.5) is 5.82 Å². The van der Waals surface area contributed by atoms with Crippen LogP contribution in [-0.4, -0.2) is 66.8 Å². The molecule has 1 aliphatic heterocycles. The zero-order chi connectivity index (χ0) is 18.1. The van der Waals surface area contributed by atoms with Crippen molar-refractivity contribution < 1.29 is 43.4 Å². The summed E-state index contributed by atoms with van der Waals surface area (Å²) in [5, 5.41) is 22.1. The summed E-state index contributed by atoms with van der Waals surface area (Å²) in [6, 6.07) is 0. The quantitative estimate of drug-likeness (QED) is 0.217. The Morgan fingerprint density at radius 2 is 2.17 bits per heavy atom. The number of primary amides is 1. The van der Waals surface area contributed by atoms with E-state index in [9.17, 15) is 24.4 Å². The van der Waals surface area contributed by atoms with Gasteiger partial charge in [0.2, 0.25) is 6.41 Å². The molecule has 1 saturated heterocycles. The van der Waals surface area contributed by atoms with Crippen LogP contribution in [0.15, 0.2) is 6.33 Å². The van der Waals surface area contributed by atoms with Gasteiger partial charge in [0.1, 0.15) is 24.1 Å². The van der Waals surface area contributed by atoms with Gasteiger partial charge in [-0.3, -0.25) is 18.7 Å². The first kappa shape index (κ1) is 18.5. The minimum absolute atomic E-state index is 0.176. The highest BCUT2D eigenvalue weighted by atomic mass is 31.2. The zero-order valence-corrected chi connectivity index (χ0v) is 12.8. The van der Waals surface area contributed by atoms with E-state index in [-0.39, 0.29) is 17.9 Å². The number of nitrogens with one attached hydrogen (secondary N) is 1. The average molecular weight is 366 g/mol. The number of nitrogens with zero attached hydrogens (tertiary/aromatic N) is 2. The number of aliphatic hydroxyl groups excluding tert-OH is 2. The number of amides is 2. The lowest BCUT2D eigenvalue weighted by molar-refractivity contribution is -0.105. The number of aromatic nitrogens is 2. The van der Waals surface area contributed by atoms with Gasteiger partial charge in [-0.25, -0.2) is 9.55 Å². The number of carbonyl (C=O) groups excluding carboxylic acids is 2. The Labute approximate surface area is 134 Å². The third-order valence-corrected chi connectivity index (χ3v) is 3.73. The van der Waals surface area contributed by atoms with Crippen LogP contribution < -0.4 is 11.1 Å². The van der Waals surface area contributed by atoms with Crippen LogP contribution in [0.2, 0.25) is 0 Å². The van der Waals surface area contributed by atoms with Crippen LogP contribution in [0.3, 0.4) is 0 Å². The molecular weight excluding hydrogens is 351 g/mol. The third kappa shape index (κ3) is 3.79. The van der Waals surface area contributed by atoms with E-state index >= 15 is 0 Å². The van der Waals surface area contributed by atoms with Crippen LogP contribution in [0.1, 0.15) is 16.7 Å². The number of imidazole rings is 1. The van der Waals surface area contributed by atoms with Crippen molar-refractivity contribution in [3.8, 4) is 0 Å². The summed E-state index contributed by atoms with van der Waals surface area (Å²) in [4.78, 5) is 43.0. The molecule has 2 amide bonds. The van der Waals surface area contributed by atoms with Crippen molar-refractivity contribution in [3.05, 3.63) is 12.0 Å². The summed E-state index contributed by atoms with van der Waals surface area (Å²) >= 11 is 0. The molecule has 14 heteroatoms. The molecule has 0 saturated carbocycles. The number of nitrogens with two attached hydrogens (primary N) is 1. The highest BCUT2D eigenvalue weighted by molar-refractivity contribution is 7.46. The smallest absolute Gasteiger partial charge is 0.387 e. The SMILES string of the molecule is NC(=O)c1ncn([C@@H]2O[C@H](COP(=O)(O)O)[C@H](O)[C@H]2O)c1NC=O. The first-order chi connectivity index (χ1) is 11.2. The Bertz CT molecular complexity index is 673. The molecule has 4 atom stereocenters. The molecule has 1 aliphatic rings. The summed E-state index contributed by atoms with van der Waals surface area (Å²) in [7, 11) is -4.80. The van der Waals surface area contributed by atoms with E-state index in [1.165, 1.54) is 0 Å². The van der Waals surface area contributed by atoms with Crippen LogP contribution in [0.25, 0.3) is 0 Å². The van der Waals surface area contributed by atoms with Gasteiger partial charge in [0.25, 0.3) is 5.91 Å².